The highest BCUT2D eigenvalue weighted by atomic mass is 79.9. The fourth-order valence-corrected chi connectivity index (χ4v) is 3.74. The molecule has 0 radical (unpaired) electrons. The van der Waals surface area contributed by atoms with Crippen molar-refractivity contribution in [1.82, 2.24) is 0 Å². The fraction of sp³-hybridized carbons (Fsp3) is 0.238. The molecule has 5 nitrogen and oxygen atoms in total. The molecule has 3 rings (SSSR count). The van der Waals surface area contributed by atoms with Crippen LogP contribution in [0, 0.1) is 6.92 Å². The number of carbonyl (C=O) groups is 2. The average Bonchev–Trinajstić information content (AvgIpc) is 2.84. The first-order valence-corrected chi connectivity index (χ1v) is 9.49. The topological polar surface area (TPSA) is 58.6 Å². The number of anilines is 2. The highest BCUT2D eigenvalue weighted by molar-refractivity contribution is 9.11. The lowest BCUT2D eigenvalue weighted by molar-refractivity contribution is -0.147. The summed E-state index contributed by atoms with van der Waals surface area (Å²) >= 11 is 3.51. The third kappa shape index (κ3) is 3.37. The molecule has 0 saturated heterocycles. The van der Waals surface area contributed by atoms with Crippen LogP contribution in [0.2, 0.25) is 0 Å². The van der Waals surface area contributed by atoms with Crippen LogP contribution < -0.4 is 10.2 Å². The van der Waals surface area contributed by atoms with E-state index in [2.05, 4.69) is 21.2 Å². The van der Waals surface area contributed by atoms with E-state index < -0.39 is 11.5 Å². The summed E-state index contributed by atoms with van der Waals surface area (Å²) in [4.78, 5) is 27.6. The zero-order chi connectivity index (χ0) is 19.6. The zero-order valence-electron chi connectivity index (χ0n) is 15.5. The average molecular weight is 429 g/mol. The molecule has 1 aliphatic rings. The Morgan fingerprint density at radius 1 is 1.19 bits per heavy atom. The number of nitrogens with one attached hydrogen (secondary N) is 1. The first-order chi connectivity index (χ1) is 12.9. The van der Waals surface area contributed by atoms with Crippen LogP contribution in [0.4, 0.5) is 11.4 Å². The Morgan fingerprint density at radius 2 is 1.89 bits per heavy atom. The summed E-state index contributed by atoms with van der Waals surface area (Å²) in [6.07, 6.45) is 0. The molecule has 140 valence electrons. The molecule has 1 aliphatic heterocycles. The highest BCUT2D eigenvalue weighted by Gasteiger charge is 2.54. The first kappa shape index (κ1) is 19.2. The molecule has 1 atom stereocenters. The van der Waals surface area contributed by atoms with Crippen molar-refractivity contribution in [2.24, 2.45) is 0 Å². The maximum absolute atomic E-state index is 13.3. The molecule has 27 heavy (non-hydrogen) atoms. The number of esters is 1. The van der Waals surface area contributed by atoms with Gasteiger partial charge in [-0.05, 0) is 66.5 Å². The lowest BCUT2D eigenvalue weighted by Crippen LogP contribution is -2.52. The molecule has 0 aromatic heterocycles. The number of ether oxygens (including phenoxy) is 1. The van der Waals surface area contributed by atoms with Crippen LogP contribution in [0.3, 0.4) is 0 Å². The van der Waals surface area contributed by atoms with Crippen LogP contribution in [0.1, 0.15) is 19.4 Å². The molecule has 1 amide bonds. The van der Waals surface area contributed by atoms with Gasteiger partial charge in [-0.1, -0.05) is 30.3 Å². The summed E-state index contributed by atoms with van der Waals surface area (Å²) in [6, 6.07) is 16.8. The number of halogens is 1. The third-order valence-corrected chi connectivity index (χ3v) is 5.65. The Bertz CT molecular complexity index is 911. The third-order valence-electron chi connectivity index (χ3n) is 4.49. The normalized spacial score (nSPS) is 19.4. The number of nitrogens with zero attached hydrogens (tertiary/aromatic N) is 1. The molecular weight excluding hydrogens is 408 g/mol. The van der Waals surface area contributed by atoms with Gasteiger partial charge in [0.2, 0.25) is 0 Å². The molecule has 0 unspecified atom stereocenters. The van der Waals surface area contributed by atoms with Crippen molar-refractivity contribution < 1.29 is 14.3 Å². The molecule has 0 bridgehead atoms. The largest absolute Gasteiger partial charge is 0.464 e. The van der Waals surface area contributed by atoms with E-state index in [1.165, 1.54) is 4.90 Å². The summed E-state index contributed by atoms with van der Waals surface area (Å²) in [6.45, 7) is 5.63. The predicted octanol–water partition coefficient (Wildman–Crippen LogP) is 4.38. The molecular formula is C21H21BrN2O3. The van der Waals surface area contributed by atoms with Crippen molar-refractivity contribution in [3.05, 3.63) is 70.3 Å². The predicted molar refractivity (Wildman–Crippen MR) is 110 cm³/mol. The molecule has 0 spiro atoms. The van der Waals surface area contributed by atoms with Gasteiger partial charge in [-0.2, -0.15) is 0 Å². The number of benzene rings is 2. The van der Waals surface area contributed by atoms with Crippen molar-refractivity contribution in [1.29, 1.82) is 0 Å². The Morgan fingerprint density at radius 3 is 2.52 bits per heavy atom. The van der Waals surface area contributed by atoms with Crippen LogP contribution in [-0.4, -0.2) is 24.0 Å². The number of rotatable bonds is 5. The minimum Gasteiger partial charge on any atom is -0.464 e. The van der Waals surface area contributed by atoms with E-state index >= 15 is 0 Å². The summed E-state index contributed by atoms with van der Waals surface area (Å²) in [7, 11) is 0. The van der Waals surface area contributed by atoms with E-state index in [0.717, 1.165) is 11.3 Å². The molecule has 0 fully saturated rings. The highest BCUT2D eigenvalue weighted by Crippen LogP contribution is 2.43. The van der Waals surface area contributed by atoms with E-state index in [9.17, 15) is 9.59 Å². The molecule has 1 heterocycles. The van der Waals surface area contributed by atoms with Crippen molar-refractivity contribution >= 4 is 39.2 Å². The number of amides is 1. The SMILES string of the molecule is CCOC(=O)[C@@]1(C)C(Br)=C(Nc2cccc(C)c2)C(=O)N1c1ccccc1. The van der Waals surface area contributed by atoms with Gasteiger partial charge in [0.1, 0.15) is 5.70 Å². The lowest BCUT2D eigenvalue weighted by atomic mass is 10.0. The fourth-order valence-electron chi connectivity index (χ4n) is 3.13. The second-order valence-electron chi connectivity index (χ2n) is 6.45. The monoisotopic (exact) mass is 428 g/mol. The van der Waals surface area contributed by atoms with E-state index in [4.69, 9.17) is 4.74 Å². The number of carbonyl (C=O) groups excluding carboxylic acids is 2. The van der Waals surface area contributed by atoms with Crippen molar-refractivity contribution in [2.45, 2.75) is 26.3 Å². The van der Waals surface area contributed by atoms with Gasteiger partial charge < -0.3 is 10.1 Å². The number of para-hydroxylation sites is 1. The first-order valence-electron chi connectivity index (χ1n) is 8.70. The smallest absolute Gasteiger partial charge is 0.337 e. The van der Waals surface area contributed by atoms with Crippen molar-refractivity contribution in [3.8, 4) is 0 Å². The van der Waals surface area contributed by atoms with Crippen molar-refractivity contribution in [2.75, 3.05) is 16.8 Å². The van der Waals surface area contributed by atoms with E-state index in [0.29, 0.717) is 15.9 Å². The van der Waals surface area contributed by atoms with E-state index in [-0.39, 0.29) is 12.5 Å². The molecule has 2 aromatic carbocycles. The van der Waals surface area contributed by atoms with E-state index in [1.54, 1.807) is 26.0 Å². The minimum atomic E-state index is -1.29. The summed E-state index contributed by atoms with van der Waals surface area (Å²) in [5.74, 6) is -0.791. The van der Waals surface area contributed by atoms with Crippen LogP contribution in [0.15, 0.2) is 64.8 Å². The summed E-state index contributed by atoms with van der Waals surface area (Å²) in [5, 5.41) is 3.17. The van der Waals surface area contributed by atoms with Gasteiger partial charge in [-0.25, -0.2) is 4.79 Å². The standard InChI is InChI=1S/C21H21BrN2O3/c1-4-27-20(26)21(3)18(22)17(23-15-10-8-9-14(2)13-15)19(25)24(21)16-11-6-5-7-12-16/h5-13,23H,4H2,1-3H3/t21-/m1/s1. The molecule has 0 aliphatic carbocycles. The summed E-state index contributed by atoms with van der Waals surface area (Å²) in [5.41, 5.74) is 1.49. The molecule has 1 N–H and O–H groups in total. The molecule has 6 heteroatoms. The minimum absolute atomic E-state index is 0.228. The second kappa shape index (κ2) is 7.56. The number of aryl methyl sites for hydroxylation is 1. The zero-order valence-corrected chi connectivity index (χ0v) is 17.0. The van der Waals surface area contributed by atoms with Gasteiger partial charge in [0.05, 0.1) is 11.1 Å². The van der Waals surface area contributed by atoms with Gasteiger partial charge in [-0.15, -0.1) is 0 Å². The van der Waals surface area contributed by atoms with Crippen LogP contribution in [-0.2, 0) is 14.3 Å². The second-order valence-corrected chi connectivity index (χ2v) is 7.25. The Kier molecular flexibility index (Phi) is 5.37. The Balaban J connectivity index is 2.09. The lowest BCUT2D eigenvalue weighted by Gasteiger charge is -2.33. The van der Waals surface area contributed by atoms with Gasteiger partial charge in [0.25, 0.3) is 5.91 Å². The summed E-state index contributed by atoms with van der Waals surface area (Å²) < 4.78 is 5.74. The molecule has 2 aromatic rings. The van der Waals surface area contributed by atoms with Crippen LogP contribution in [0.5, 0.6) is 0 Å². The Hall–Kier alpha value is -2.60. The maximum atomic E-state index is 13.3. The van der Waals surface area contributed by atoms with Gasteiger partial charge in [0.15, 0.2) is 5.54 Å². The quantitative estimate of drug-likeness (QED) is 0.717. The van der Waals surface area contributed by atoms with E-state index in [1.807, 2.05) is 49.4 Å². The van der Waals surface area contributed by atoms with Gasteiger partial charge in [-0.3, -0.25) is 9.69 Å². The Labute approximate surface area is 167 Å². The van der Waals surface area contributed by atoms with Crippen LogP contribution >= 0.6 is 15.9 Å². The van der Waals surface area contributed by atoms with Crippen LogP contribution in [0.25, 0.3) is 0 Å². The van der Waals surface area contributed by atoms with Crippen molar-refractivity contribution in [3.63, 3.8) is 0 Å². The number of hydrogen-bond acceptors (Lipinski definition) is 4. The molecule has 0 saturated carbocycles. The van der Waals surface area contributed by atoms with Gasteiger partial charge in [0, 0.05) is 11.4 Å². The van der Waals surface area contributed by atoms with Gasteiger partial charge >= 0.3 is 5.97 Å². The number of hydrogen-bond donors (Lipinski definition) is 1. The maximum Gasteiger partial charge on any atom is 0.337 e.